The molecule has 2 aromatic carbocycles. The van der Waals surface area contributed by atoms with Crippen LogP contribution in [-0.2, 0) is 10.0 Å². The molecule has 0 saturated heterocycles. The van der Waals surface area contributed by atoms with Crippen LogP contribution in [0, 0.1) is 5.82 Å². The van der Waals surface area contributed by atoms with Gasteiger partial charge in [0.15, 0.2) is 0 Å². The highest BCUT2D eigenvalue weighted by atomic mass is 79.9. The number of halogens is 3. The summed E-state index contributed by atoms with van der Waals surface area (Å²) in [7, 11) is -3.78. The number of hydrogen-bond acceptors (Lipinski definition) is 2. The van der Waals surface area contributed by atoms with Crippen LogP contribution in [0.5, 0.6) is 0 Å². The zero-order valence-corrected chi connectivity index (χ0v) is 13.4. The standard InChI is InChI=1S/C12H8Br2FNO2S/c13-9-6-5-8(15)7-11(9)16-19(17,18)12-4-2-1-3-10(12)14/h1-7,16H. The second-order valence-electron chi connectivity index (χ2n) is 3.66. The van der Waals surface area contributed by atoms with Crippen LogP contribution in [0.4, 0.5) is 10.1 Å². The van der Waals surface area contributed by atoms with Crippen molar-refractivity contribution in [2.45, 2.75) is 4.90 Å². The predicted octanol–water partition coefficient (Wildman–Crippen LogP) is 4.15. The third kappa shape index (κ3) is 3.34. The molecule has 0 fully saturated rings. The van der Waals surface area contributed by atoms with Gasteiger partial charge in [-0.15, -0.1) is 0 Å². The number of anilines is 1. The highest BCUT2D eigenvalue weighted by Crippen LogP contribution is 2.28. The third-order valence-corrected chi connectivity index (χ3v) is 5.37. The molecule has 1 N–H and O–H groups in total. The van der Waals surface area contributed by atoms with E-state index in [4.69, 9.17) is 0 Å². The summed E-state index contributed by atoms with van der Waals surface area (Å²) >= 11 is 6.34. The molecule has 0 saturated carbocycles. The molecule has 3 nitrogen and oxygen atoms in total. The van der Waals surface area contributed by atoms with Crippen molar-refractivity contribution in [1.29, 1.82) is 0 Å². The Bertz CT molecular complexity index is 719. The van der Waals surface area contributed by atoms with Crippen molar-refractivity contribution < 1.29 is 12.8 Å². The molecule has 0 aromatic heterocycles. The van der Waals surface area contributed by atoms with Crippen LogP contribution in [-0.4, -0.2) is 8.42 Å². The number of nitrogens with one attached hydrogen (secondary N) is 1. The van der Waals surface area contributed by atoms with Gasteiger partial charge in [-0.2, -0.15) is 0 Å². The van der Waals surface area contributed by atoms with E-state index in [-0.39, 0.29) is 10.6 Å². The van der Waals surface area contributed by atoms with Crippen molar-refractivity contribution >= 4 is 47.6 Å². The van der Waals surface area contributed by atoms with Crippen molar-refractivity contribution in [3.05, 3.63) is 57.2 Å². The minimum absolute atomic E-state index is 0.0890. The molecule has 0 unspecified atom stereocenters. The van der Waals surface area contributed by atoms with Crippen LogP contribution in [0.1, 0.15) is 0 Å². The van der Waals surface area contributed by atoms with Gasteiger partial charge in [0, 0.05) is 8.95 Å². The first kappa shape index (κ1) is 14.5. The maximum Gasteiger partial charge on any atom is 0.263 e. The molecule has 0 bridgehead atoms. The molecule has 2 aromatic rings. The Kier molecular flexibility index (Phi) is 4.27. The first-order chi connectivity index (χ1) is 8.90. The lowest BCUT2D eigenvalue weighted by molar-refractivity contribution is 0.600. The lowest BCUT2D eigenvalue weighted by Crippen LogP contribution is -2.14. The van der Waals surface area contributed by atoms with E-state index in [2.05, 4.69) is 36.6 Å². The first-order valence-electron chi connectivity index (χ1n) is 5.12. The molecule has 0 spiro atoms. The quantitative estimate of drug-likeness (QED) is 0.828. The van der Waals surface area contributed by atoms with Gasteiger partial charge in [-0.05, 0) is 62.2 Å². The highest BCUT2D eigenvalue weighted by molar-refractivity contribution is 9.11. The van der Waals surface area contributed by atoms with Crippen LogP contribution in [0.3, 0.4) is 0 Å². The van der Waals surface area contributed by atoms with Gasteiger partial charge in [0.1, 0.15) is 10.7 Å². The number of hydrogen-bond donors (Lipinski definition) is 1. The summed E-state index contributed by atoms with van der Waals surface area (Å²) in [6, 6.07) is 10.2. The van der Waals surface area contributed by atoms with Gasteiger partial charge in [-0.3, -0.25) is 4.72 Å². The van der Waals surface area contributed by atoms with E-state index < -0.39 is 15.8 Å². The summed E-state index contributed by atoms with van der Waals surface area (Å²) in [5.41, 5.74) is 0.149. The number of benzene rings is 2. The minimum atomic E-state index is -3.78. The maximum absolute atomic E-state index is 13.1. The van der Waals surface area contributed by atoms with E-state index in [1.807, 2.05) is 0 Å². The predicted molar refractivity (Wildman–Crippen MR) is 79.1 cm³/mol. The second kappa shape index (κ2) is 5.60. The van der Waals surface area contributed by atoms with Gasteiger partial charge >= 0.3 is 0 Å². The third-order valence-electron chi connectivity index (χ3n) is 2.30. The monoisotopic (exact) mass is 407 g/mol. The van der Waals surface area contributed by atoms with E-state index in [0.29, 0.717) is 8.95 Å². The van der Waals surface area contributed by atoms with Gasteiger partial charge in [0.2, 0.25) is 0 Å². The molecule has 0 aliphatic heterocycles. The molecule has 0 aliphatic rings. The largest absolute Gasteiger partial charge is 0.278 e. The summed E-state index contributed by atoms with van der Waals surface area (Å²) in [6.45, 7) is 0. The topological polar surface area (TPSA) is 46.2 Å². The molecule has 2 rings (SSSR count). The average Bonchev–Trinajstić information content (AvgIpc) is 2.34. The average molecular weight is 409 g/mol. The Morgan fingerprint density at radius 1 is 1.00 bits per heavy atom. The maximum atomic E-state index is 13.1. The van der Waals surface area contributed by atoms with Crippen molar-refractivity contribution in [3.8, 4) is 0 Å². The summed E-state index contributed by atoms with van der Waals surface area (Å²) in [5.74, 6) is -0.520. The SMILES string of the molecule is O=S(=O)(Nc1cc(F)ccc1Br)c1ccccc1Br. The van der Waals surface area contributed by atoms with Crippen molar-refractivity contribution in [3.63, 3.8) is 0 Å². The Hall–Kier alpha value is -0.920. The smallest absolute Gasteiger partial charge is 0.263 e. The van der Waals surface area contributed by atoms with Gasteiger partial charge < -0.3 is 0 Å². The molecule has 0 amide bonds. The van der Waals surface area contributed by atoms with Gasteiger partial charge in [-0.25, -0.2) is 12.8 Å². The number of sulfonamides is 1. The van der Waals surface area contributed by atoms with Crippen LogP contribution < -0.4 is 4.72 Å². The zero-order chi connectivity index (χ0) is 14.0. The van der Waals surface area contributed by atoms with Crippen molar-refractivity contribution in [2.24, 2.45) is 0 Å². The van der Waals surface area contributed by atoms with Crippen LogP contribution in [0.15, 0.2) is 56.3 Å². The molecule has 0 atom stereocenters. The van der Waals surface area contributed by atoms with E-state index >= 15 is 0 Å². The Morgan fingerprint density at radius 2 is 1.68 bits per heavy atom. The fourth-order valence-corrected chi connectivity index (χ4v) is 3.99. The summed E-state index contributed by atoms with van der Waals surface area (Å²) < 4.78 is 40.8. The van der Waals surface area contributed by atoms with E-state index in [1.165, 1.54) is 18.2 Å². The van der Waals surface area contributed by atoms with Crippen LogP contribution in [0.25, 0.3) is 0 Å². The Balaban J connectivity index is 2.43. The lowest BCUT2D eigenvalue weighted by atomic mass is 10.3. The number of rotatable bonds is 3. The van der Waals surface area contributed by atoms with Crippen molar-refractivity contribution in [1.82, 2.24) is 0 Å². The fourth-order valence-electron chi connectivity index (χ4n) is 1.44. The minimum Gasteiger partial charge on any atom is -0.278 e. The van der Waals surface area contributed by atoms with Gasteiger partial charge in [0.05, 0.1) is 5.69 Å². The van der Waals surface area contributed by atoms with Gasteiger partial charge in [0.25, 0.3) is 10.0 Å². The molecular formula is C12H8Br2FNO2S. The normalized spacial score (nSPS) is 11.3. The molecule has 7 heteroatoms. The van der Waals surface area contributed by atoms with Gasteiger partial charge in [-0.1, -0.05) is 12.1 Å². The van der Waals surface area contributed by atoms with E-state index in [9.17, 15) is 12.8 Å². The molecule has 0 radical (unpaired) electrons. The Labute approximate surface area is 127 Å². The second-order valence-corrected chi connectivity index (χ2v) is 7.02. The molecule has 0 aliphatic carbocycles. The lowest BCUT2D eigenvalue weighted by Gasteiger charge is -2.11. The summed E-state index contributed by atoms with van der Waals surface area (Å²) in [4.78, 5) is 0.0890. The van der Waals surface area contributed by atoms with Crippen LogP contribution >= 0.6 is 31.9 Å². The highest BCUT2D eigenvalue weighted by Gasteiger charge is 2.18. The molecular weight excluding hydrogens is 401 g/mol. The van der Waals surface area contributed by atoms with E-state index in [1.54, 1.807) is 18.2 Å². The van der Waals surface area contributed by atoms with Crippen LogP contribution in [0.2, 0.25) is 0 Å². The summed E-state index contributed by atoms with van der Waals surface area (Å²) in [5, 5.41) is 0. The van der Waals surface area contributed by atoms with E-state index in [0.717, 1.165) is 6.07 Å². The van der Waals surface area contributed by atoms with Crippen molar-refractivity contribution in [2.75, 3.05) is 4.72 Å². The molecule has 0 heterocycles. The summed E-state index contributed by atoms with van der Waals surface area (Å²) in [6.07, 6.45) is 0. The molecule has 100 valence electrons. The molecule has 19 heavy (non-hydrogen) atoms. The fraction of sp³-hybridized carbons (Fsp3) is 0. The first-order valence-corrected chi connectivity index (χ1v) is 8.19. The zero-order valence-electron chi connectivity index (χ0n) is 9.40. The Morgan fingerprint density at radius 3 is 2.37 bits per heavy atom.